The second kappa shape index (κ2) is 3.35. The summed E-state index contributed by atoms with van der Waals surface area (Å²) in [6.07, 6.45) is 0.785. The van der Waals surface area contributed by atoms with Crippen molar-refractivity contribution in [1.29, 1.82) is 0 Å². The number of aliphatic hydroxyl groups is 1. The Bertz CT molecular complexity index is 101. The fraction of sp³-hybridized carbons (Fsp3) is 1.00. The van der Waals surface area contributed by atoms with Gasteiger partial charge in [-0.15, -0.1) is 0 Å². The molecule has 1 saturated heterocycles. The summed E-state index contributed by atoms with van der Waals surface area (Å²) >= 11 is 0. The molecule has 0 aromatic rings. The average molecular weight is 144 g/mol. The van der Waals surface area contributed by atoms with Gasteiger partial charge in [0.15, 0.2) is 0 Å². The Morgan fingerprint density at radius 1 is 1.50 bits per heavy atom. The summed E-state index contributed by atoms with van der Waals surface area (Å²) < 4.78 is 5.11. The van der Waals surface area contributed by atoms with E-state index in [1.54, 1.807) is 0 Å². The number of hydrogen-bond acceptors (Lipinski definition) is 2. The van der Waals surface area contributed by atoms with E-state index in [0.717, 1.165) is 13.0 Å². The summed E-state index contributed by atoms with van der Waals surface area (Å²) in [4.78, 5) is 0. The molecule has 0 amide bonds. The molecular formula is C8H16O2. The van der Waals surface area contributed by atoms with E-state index < -0.39 is 0 Å². The summed E-state index contributed by atoms with van der Waals surface area (Å²) in [6, 6.07) is 0. The lowest BCUT2D eigenvalue weighted by Gasteiger charge is -2.30. The first kappa shape index (κ1) is 8.02. The zero-order valence-electron chi connectivity index (χ0n) is 6.71. The quantitative estimate of drug-likeness (QED) is 0.596. The molecule has 1 N–H and O–H groups in total. The van der Waals surface area contributed by atoms with Crippen molar-refractivity contribution in [1.82, 2.24) is 0 Å². The van der Waals surface area contributed by atoms with Gasteiger partial charge in [0, 0.05) is 6.61 Å². The lowest BCUT2D eigenvalue weighted by Crippen LogP contribution is -2.35. The van der Waals surface area contributed by atoms with E-state index in [1.165, 1.54) is 0 Å². The minimum atomic E-state index is -0.228. The molecule has 1 aliphatic heterocycles. The minimum absolute atomic E-state index is 0.228. The van der Waals surface area contributed by atoms with Crippen molar-refractivity contribution in [2.24, 2.45) is 11.8 Å². The van der Waals surface area contributed by atoms with Crippen molar-refractivity contribution in [2.45, 2.75) is 26.4 Å². The molecule has 10 heavy (non-hydrogen) atoms. The second-order valence-corrected chi connectivity index (χ2v) is 3.34. The van der Waals surface area contributed by atoms with Gasteiger partial charge in [0.25, 0.3) is 0 Å². The molecule has 1 heterocycles. The molecule has 1 aliphatic rings. The Morgan fingerprint density at radius 3 is 2.60 bits per heavy atom. The molecule has 60 valence electrons. The largest absolute Gasteiger partial charge is 0.390 e. The lowest BCUT2D eigenvalue weighted by molar-refractivity contribution is -0.0572. The molecule has 0 spiro atoms. The van der Waals surface area contributed by atoms with Gasteiger partial charge < -0.3 is 9.84 Å². The Hall–Kier alpha value is -0.0800. The fourth-order valence-corrected chi connectivity index (χ4v) is 1.52. The molecule has 0 aromatic heterocycles. The Kier molecular flexibility index (Phi) is 2.69. The van der Waals surface area contributed by atoms with Gasteiger partial charge in [-0.25, -0.2) is 0 Å². The number of hydrogen-bond donors (Lipinski definition) is 1. The smallest absolute Gasteiger partial charge is 0.0805 e. The van der Waals surface area contributed by atoms with Crippen LogP contribution >= 0.6 is 0 Å². The molecule has 1 fully saturated rings. The summed E-state index contributed by atoms with van der Waals surface area (Å²) in [5, 5.41) is 9.41. The molecule has 0 radical (unpaired) electrons. The van der Waals surface area contributed by atoms with Crippen LogP contribution in [0, 0.1) is 11.8 Å². The monoisotopic (exact) mass is 144 g/mol. The van der Waals surface area contributed by atoms with E-state index >= 15 is 0 Å². The highest BCUT2D eigenvalue weighted by molar-refractivity contribution is 4.74. The zero-order chi connectivity index (χ0) is 7.56. The predicted molar refractivity (Wildman–Crippen MR) is 39.8 cm³/mol. The van der Waals surface area contributed by atoms with Crippen LogP contribution in [-0.2, 0) is 4.74 Å². The van der Waals surface area contributed by atoms with Crippen LogP contribution in [0.15, 0.2) is 0 Å². The summed E-state index contributed by atoms with van der Waals surface area (Å²) in [6.45, 7) is 5.65. The topological polar surface area (TPSA) is 29.5 Å². The molecule has 0 bridgehead atoms. The van der Waals surface area contributed by atoms with Crippen molar-refractivity contribution in [3.63, 3.8) is 0 Å². The van der Waals surface area contributed by atoms with Crippen LogP contribution < -0.4 is 0 Å². The van der Waals surface area contributed by atoms with Gasteiger partial charge in [0.1, 0.15) is 0 Å². The molecule has 2 unspecified atom stereocenters. The highest BCUT2D eigenvalue weighted by Crippen LogP contribution is 2.23. The first-order chi connectivity index (χ1) is 4.72. The highest BCUT2D eigenvalue weighted by atomic mass is 16.5. The standard InChI is InChI=1S/C8H16O2/c1-6(2)7-3-4-10-5-8(7)9/h6-9H,3-5H2,1-2H3. The second-order valence-electron chi connectivity index (χ2n) is 3.34. The van der Waals surface area contributed by atoms with Gasteiger partial charge in [-0.2, -0.15) is 0 Å². The fourth-order valence-electron chi connectivity index (χ4n) is 1.52. The molecule has 2 heteroatoms. The normalized spacial score (nSPS) is 34.8. The zero-order valence-corrected chi connectivity index (χ0v) is 6.71. The SMILES string of the molecule is CC(C)C1CCOCC1O. The van der Waals surface area contributed by atoms with Crippen molar-refractivity contribution < 1.29 is 9.84 Å². The number of ether oxygens (including phenoxy) is 1. The van der Waals surface area contributed by atoms with Gasteiger partial charge in [0.05, 0.1) is 12.7 Å². The molecule has 0 aliphatic carbocycles. The van der Waals surface area contributed by atoms with Crippen molar-refractivity contribution >= 4 is 0 Å². The van der Waals surface area contributed by atoms with E-state index in [4.69, 9.17) is 4.74 Å². The summed E-state index contributed by atoms with van der Waals surface area (Å²) in [5.74, 6) is 1.03. The number of aliphatic hydroxyl groups excluding tert-OH is 1. The highest BCUT2D eigenvalue weighted by Gasteiger charge is 2.25. The average Bonchev–Trinajstić information content (AvgIpc) is 1.88. The van der Waals surface area contributed by atoms with Gasteiger partial charge in [-0.05, 0) is 18.3 Å². The molecular weight excluding hydrogens is 128 g/mol. The van der Waals surface area contributed by atoms with E-state index in [2.05, 4.69) is 13.8 Å². The maximum Gasteiger partial charge on any atom is 0.0805 e. The first-order valence-corrected chi connectivity index (χ1v) is 3.97. The van der Waals surface area contributed by atoms with Gasteiger partial charge >= 0.3 is 0 Å². The van der Waals surface area contributed by atoms with E-state index in [9.17, 15) is 5.11 Å². The third kappa shape index (κ3) is 1.70. The lowest BCUT2D eigenvalue weighted by atomic mass is 9.87. The first-order valence-electron chi connectivity index (χ1n) is 3.97. The van der Waals surface area contributed by atoms with E-state index in [-0.39, 0.29) is 6.10 Å². The van der Waals surface area contributed by atoms with Gasteiger partial charge in [0.2, 0.25) is 0 Å². The van der Waals surface area contributed by atoms with Crippen LogP contribution in [0.1, 0.15) is 20.3 Å². The van der Waals surface area contributed by atoms with Crippen molar-refractivity contribution in [3.8, 4) is 0 Å². The van der Waals surface area contributed by atoms with E-state index in [1.807, 2.05) is 0 Å². The van der Waals surface area contributed by atoms with Gasteiger partial charge in [-0.3, -0.25) is 0 Å². The van der Waals surface area contributed by atoms with Crippen LogP contribution in [0.5, 0.6) is 0 Å². The predicted octanol–water partition coefficient (Wildman–Crippen LogP) is 1.04. The van der Waals surface area contributed by atoms with Crippen molar-refractivity contribution in [3.05, 3.63) is 0 Å². The molecule has 0 saturated carbocycles. The third-order valence-corrected chi connectivity index (χ3v) is 2.23. The third-order valence-electron chi connectivity index (χ3n) is 2.23. The van der Waals surface area contributed by atoms with Crippen LogP contribution in [0.4, 0.5) is 0 Å². The molecule has 0 aromatic carbocycles. The summed E-state index contributed by atoms with van der Waals surface area (Å²) in [7, 11) is 0. The van der Waals surface area contributed by atoms with Crippen LogP contribution in [0.3, 0.4) is 0 Å². The van der Waals surface area contributed by atoms with Crippen LogP contribution in [0.25, 0.3) is 0 Å². The number of rotatable bonds is 1. The van der Waals surface area contributed by atoms with Gasteiger partial charge in [-0.1, -0.05) is 13.8 Å². The van der Waals surface area contributed by atoms with Crippen LogP contribution in [0.2, 0.25) is 0 Å². The maximum atomic E-state index is 9.41. The van der Waals surface area contributed by atoms with Crippen molar-refractivity contribution in [2.75, 3.05) is 13.2 Å². The minimum Gasteiger partial charge on any atom is -0.390 e. The maximum absolute atomic E-state index is 9.41. The Morgan fingerprint density at radius 2 is 2.20 bits per heavy atom. The molecule has 1 rings (SSSR count). The Labute approximate surface area is 62.2 Å². The molecule has 2 nitrogen and oxygen atoms in total. The van der Waals surface area contributed by atoms with E-state index in [0.29, 0.717) is 18.4 Å². The van der Waals surface area contributed by atoms with Crippen LogP contribution in [-0.4, -0.2) is 24.4 Å². The Balaban J connectivity index is 2.40. The summed E-state index contributed by atoms with van der Waals surface area (Å²) in [5.41, 5.74) is 0. The molecule has 2 atom stereocenters.